The van der Waals surface area contributed by atoms with Gasteiger partial charge in [0, 0.05) is 24.9 Å². The summed E-state index contributed by atoms with van der Waals surface area (Å²) in [5.74, 6) is 0.905. The highest BCUT2D eigenvalue weighted by molar-refractivity contribution is 6.18. The van der Waals surface area contributed by atoms with Gasteiger partial charge in [0.15, 0.2) is 0 Å². The summed E-state index contributed by atoms with van der Waals surface area (Å²) in [7, 11) is 0. The zero-order valence-electron chi connectivity index (χ0n) is 9.67. The van der Waals surface area contributed by atoms with Crippen molar-refractivity contribution in [3.05, 3.63) is 0 Å². The second-order valence-corrected chi connectivity index (χ2v) is 4.66. The number of carbonyl (C=O) groups excluding carboxylic acids is 1. The fourth-order valence-corrected chi connectivity index (χ4v) is 2.46. The molecule has 0 radical (unpaired) electrons. The number of amides is 1. The van der Waals surface area contributed by atoms with Crippen molar-refractivity contribution >= 4 is 17.5 Å². The quantitative estimate of drug-likeness (QED) is 0.681. The number of halogens is 1. The van der Waals surface area contributed by atoms with Crippen molar-refractivity contribution in [2.45, 2.75) is 57.9 Å². The lowest BCUT2D eigenvalue weighted by Crippen LogP contribution is -2.40. The van der Waals surface area contributed by atoms with Crippen LogP contribution in [0.1, 0.15) is 51.9 Å². The van der Waals surface area contributed by atoms with Crippen LogP contribution in [0.15, 0.2) is 0 Å². The van der Waals surface area contributed by atoms with Crippen molar-refractivity contribution < 1.29 is 4.79 Å². The lowest BCUT2D eigenvalue weighted by atomic mass is 10.1. The van der Waals surface area contributed by atoms with Crippen LogP contribution in [-0.4, -0.2) is 29.3 Å². The summed E-state index contributed by atoms with van der Waals surface area (Å²) in [4.78, 5) is 14.0. The first-order valence-corrected chi connectivity index (χ1v) is 6.68. The molecule has 0 aliphatic carbocycles. The molecule has 1 unspecified atom stereocenters. The summed E-state index contributed by atoms with van der Waals surface area (Å²) in [5.41, 5.74) is 0. The van der Waals surface area contributed by atoms with Crippen LogP contribution < -0.4 is 0 Å². The minimum absolute atomic E-state index is 0.290. The van der Waals surface area contributed by atoms with E-state index in [0.717, 1.165) is 32.2 Å². The van der Waals surface area contributed by atoms with Gasteiger partial charge in [0.25, 0.3) is 0 Å². The molecule has 1 aliphatic rings. The van der Waals surface area contributed by atoms with Crippen molar-refractivity contribution in [2.75, 3.05) is 12.4 Å². The summed E-state index contributed by atoms with van der Waals surface area (Å²) in [6.07, 6.45) is 7.48. The number of nitrogens with zero attached hydrogens (tertiary/aromatic N) is 1. The summed E-state index contributed by atoms with van der Waals surface area (Å²) < 4.78 is 0. The number of likely N-dealkylation sites (tertiary alicyclic amines) is 1. The average Bonchev–Trinajstić information content (AvgIpc) is 2.50. The monoisotopic (exact) mass is 231 g/mol. The Morgan fingerprint density at radius 1 is 1.40 bits per heavy atom. The number of carbonyl (C=O) groups is 1. The van der Waals surface area contributed by atoms with E-state index in [4.69, 9.17) is 11.6 Å². The number of alkyl halides is 1. The summed E-state index contributed by atoms with van der Waals surface area (Å²) in [6, 6.07) is 0.290. The van der Waals surface area contributed by atoms with E-state index in [1.54, 1.807) is 0 Å². The number of unbranched alkanes of at least 4 members (excludes halogenated alkanes) is 1. The van der Waals surface area contributed by atoms with Crippen molar-refractivity contribution in [3.8, 4) is 0 Å². The lowest BCUT2D eigenvalue weighted by Gasteiger charge is -2.28. The van der Waals surface area contributed by atoms with Gasteiger partial charge in [0.2, 0.25) is 5.91 Å². The van der Waals surface area contributed by atoms with Crippen LogP contribution in [0.3, 0.4) is 0 Å². The van der Waals surface area contributed by atoms with Crippen LogP contribution in [0, 0.1) is 0 Å². The predicted molar refractivity (Wildman–Crippen MR) is 64.2 cm³/mol. The maximum Gasteiger partial charge on any atom is 0.222 e. The first-order valence-electron chi connectivity index (χ1n) is 6.15. The maximum absolute atomic E-state index is 11.9. The molecule has 1 heterocycles. The van der Waals surface area contributed by atoms with Crippen molar-refractivity contribution in [3.63, 3.8) is 0 Å². The Bertz CT molecular complexity index is 196. The van der Waals surface area contributed by atoms with E-state index >= 15 is 0 Å². The lowest BCUT2D eigenvalue weighted by molar-refractivity contribution is -0.133. The predicted octanol–water partition coefficient (Wildman–Crippen LogP) is 3.19. The molecule has 1 saturated heterocycles. The third-order valence-electron chi connectivity index (χ3n) is 3.12. The van der Waals surface area contributed by atoms with Gasteiger partial charge in [0.05, 0.1) is 0 Å². The van der Waals surface area contributed by atoms with E-state index in [1.165, 1.54) is 12.8 Å². The Labute approximate surface area is 98.0 Å². The van der Waals surface area contributed by atoms with Crippen molar-refractivity contribution in [1.82, 2.24) is 4.90 Å². The highest BCUT2D eigenvalue weighted by Gasteiger charge is 2.23. The summed E-state index contributed by atoms with van der Waals surface area (Å²) in [6.45, 7) is 3.04. The number of rotatable bonds is 4. The Balaban J connectivity index is 2.49. The van der Waals surface area contributed by atoms with Gasteiger partial charge in [-0.05, 0) is 19.3 Å². The molecule has 1 rings (SSSR count). The van der Waals surface area contributed by atoms with E-state index in [2.05, 4.69) is 6.92 Å². The highest BCUT2D eigenvalue weighted by Crippen LogP contribution is 2.19. The van der Waals surface area contributed by atoms with Crippen LogP contribution in [0.5, 0.6) is 0 Å². The van der Waals surface area contributed by atoms with Gasteiger partial charge < -0.3 is 4.90 Å². The number of hydrogen-bond acceptors (Lipinski definition) is 1. The highest BCUT2D eigenvalue weighted by atomic mass is 35.5. The molecule has 1 atom stereocenters. The van der Waals surface area contributed by atoms with Crippen LogP contribution in [0.4, 0.5) is 0 Å². The molecule has 0 aromatic rings. The van der Waals surface area contributed by atoms with E-state index in [-0.39, 0.29) is 0 Å². The molecule has 88 valence electrons. The van der Waals surface area contributed by atoms with Gasteiger partial charge in [-0.25, -0.2) is 0 Å². The normalized spacial score (nSPS) is 22.5. The molecule has 0 bridgehead atoms. The van der Waals surface area contributed by atoms with Crippen LogP contribution in [-0.2, 0) is 4.79 Å². The van der Waals surface area contributed by atoms with Crippen LogP contribution in [0.2, 0.25) is 0 Å². The Hall–Kier alpha value is -0.240. The third-order valence-corrected chi connectivity index (χ3v) is 3.48. The molecule has 0 saturated carbocycles. The van der Waals surface area contributed by atoms with Gasteiger partial charge in [-0.3, -0.25) is 4.79 Å². The molecule has 0 N–H and O–H groups in total. The fourth-order valence-electron chi connectivity index (χ4n) is 2.14. The van der Waals surface area contributed by atoms with Crippen molar-refractivity contribution in [1.29, 1.82) is 0 Å². The Kier molecular flexibility index (Phi) is 6.07. The fraction of sp³-hybridized carbons (Fsp3) is 0.917. The zero-order valence-corrected chi connectivity index (χ0v) is 10.4. The molecule has 0 spiro atoms. The van der Waals surface area contributed by atoms with Gasteiger partial charge in [0.1, 0.15) is 0 Å². The third kappa shape index (κ3) is 4.02. The molecule has 1 fully saturated rings. The molecular weight excluding hydrogens is 210 g/mol. The smallest absolute Gasteiger partial charge is 0.222 e. The minimum Gasteiger partial charge on any atom is -0.339 e. The minimum atomic E-state index is 0.290. The molecule has 0 aromatic heterocycles. The maximum atomic E-state index is 11.9. The van der Waals surface area contributed by atoms with Crippen molar-refractivity contribution in [2.24, 2.45) is 0 Å². The van der Waals surface area contributed by atoms with Gasteiger partial charge in [-0.1, -0.05) is 26.2 Å². The molecule has 1 amide bonds. The summed E-state index contributed by atoms with van der Waals surface area (Å²) >= 11 is 5.93. The molecule has 3 heteroatoms. The first kappa shape index (κ1) is 12.8. The first-order chi connectivity index (χ1) is 7.29. The van der Waals surface area contributed by atoms with Gasteiger partial charge >= 0.3 is 0 Å². The second kappa shape index (κ2) is 7.10. The van der Waals surface area contributed by atoms with E-state index in [9.17, 15) is 4.79 Å². The molecular formula is C12H22ClNO. The van der Waals surface area contributed by atoms with Crippen LogP contribution in [0.25, 0.3) is 0 Å². The largest absolute Gasteiger partial charge is 0.339 e. The van der Waals surface area contributed by atoms with Gasteiger partial charge in [-0.2, -0.15) is 0 Å². The molecule has 15 heavy (non-hydrogen) atoms. The Morgan fingerprint density at radius 2 is 2.20 bits per heavy atom. The van der Waals surface area contributed by atoms with E-state index in [0.29, 0.717) is 24.2 Å². The van der Waals surface area contributed by atoms with E-state index in [1.807, 2.05) is 4.90 Å². The van der Waals surface area contributed by atoms with Crippen LogP contribution >= 0.6 is 11.6 Å². The number of hydrogen-bond donors (Lipinski definition) is 0. The summed E-state index contributed by atoms with van der Waals surface area (Å²) in [5, 5.41) is 0. The molecule has 0 aromatic carbocycles. The average molecular weight is 232 g/mol. The van der Waals surface area contributed by atoms with Gasteiger partial charge in [-0.15, -0.1) is 11.6 Å². The molecule has 2 nitrogen and oxygen atoms in total. The topological polar surface area (TPSA) is 20.3 Å². The molecule has 1 aliphatic heterocycles. The van der Waals surface area contributed by atoms with E-state index < -0.39 is 0 Å². The SMILES string of the molecule is CCCCC(=O)N1CCCCCC1CCl. The second-order valence-electron chi connectivity index (χ2n) is 4.35. The Morgan fingerprint density at radius 3 is 2.87 bits per heavy atom. The standard InChI is InChI=1S/C12H22ClNO/c1-2-3-8-12(15)14-9-6-4-5-7-11(14)10-13/h11H,2-10H2,1H3. The zero-order chi connectivity index (χ0) is 11.1.